The number of hydrogen-bond donors (Lipinski definition) is 2. The van der Waals surface area contributed by atoms with Crippen LogP contribution in [0.5, 0.6) is 0 Å². The van der Waals surface area contributed by atoms with Crippen molar-refractivity contribution in [3.8, 4) is 5.69 Å². The second kappa shape index (κ2) is 8.77. The van der Waals surface area contributed by atoms with E-state index in [1.807, 2.05) is 53.4 Å². The molecule has 7 nitrogen and oxygen atoms in total. The highest BCUT2D eigenvalue weighted by atomic mass is 16.2. The molecular formula is C23H29N5O2+2. The SMILES string of the molecule is C[NH+](C)CC[NH+]1CCN(C(=O)c2nn(-c3ccccc3)c(=O)c3ccccc23)CC1. The smallest absolute Gasteiger partial charge is 0.279 e. The van der Waals surface area contributed by atoms with Crippen LogP contribution in [0.4, 0.5) is 0 Å². The molecule has 156 valence electrons. The van der Waals surface area contributed by atoms with Crippen LogP contribution in [0.3, 0.4) is 0 Å². The van der Waals surface area contributed by atoms with Gasteiger partial charge in [0.25, 0.3) is 11.5 Å². The van der Waals surface area contributed by atoms with Crippen LogP contribution in [-0.2, 0) is 0 Å². The highest BCUT2D eigenvalue weighted by molar-refractivity contribution is 6.04. The van der Waals surface area contributed by atoms with Gasteiger partial charge in [0.1, 0.15) is 13.1 Å². The van der Waals surface area contributed by atoms with Crippen molar-refractivity contribution in [3.05, 3.63) is 70.6 Å². The van der Waals surface area contributed by atoms with Crippen LogP contribution in [0.2, 0.25) is 0 Å². The average molecular weight is 408 g/mol. The Morgan fingerprint density at radius 3 is 2.30 bits per heavy atom. The molecule has 0 radical (unpaired) electrons. The van der Waals surface area contributed by atoms with Crippen LogP contribution in [0.1, 0.15) is 10.5 Å². The third-order valence-corrected chi connectivity index (χ3v) is 5.74. The fourth-order valence-corrected chi connectivity index (χ4v) is 3.94. The number of carbonyl (C=O) groups excluding carboxylic acids is 1. The molecule has 2 heterocycles. The van der Waals surface area contributed by atoms with E-state index in [1.165, 1.54) is 14.5 Å². The zero-order valence-electron chi connectivity index (χ0n) is 17.6. The Morgan fingerprint density at radius 1 is 1.00 bits per heavy atom. The molecule has 4 rings (SSSR count). The highest BCUT2D eigenvalue weighted by Crippen LogP contribution is 2.17. The number of amides is 1. The molecule has 30 heavy (non-hydrogen) atoms. The second-order valence-electron chi connectivity index (χ2n) is 8.20. The maximum atomic E-state index is 13.4. The number of likely N-dealkylation sites (N-methyl/N-ethyl adjacent to an activating group) is 1. The van der Waals surface area contributed by atoms with Gasteiger partial charge in [0, 0.05) is 5.39 Å². The first kappa shape index (κ1) is 20.3. The zero-order chi connectivity index (χ0) is 21.1. The predicted molar refractivity (Wildman–Crippen MR) is 116 cm³/mol. The van der Waals surface area contributed by atoms with Crippen molar-refractivity contribution >= 4 is 16.7 Å². The molecule has 1 aliphatic rings. The van der Waals surface area contributed by atoms with Crippen LogP contribution in [0.15, 0.2) is 59.4 Å². The third kappa shape index (κ3) is 4.13. The molecule has 1 fully saturated rings. The minimum Gasteiger partial charge on any atom is -0.335 e. The van der Waals surface area contributed by atoms with E-state index in [2.05, 4.69) is 19.2 Å². The number of aromatic nitrogens is 2. The minimum absolute atomic E-state index is 0.104. The molecule has 1 aromatic heterocycles. The summed E-state index contributed by atoms with van der Waals surface area (Å²) in [5.74, 6) is -0.104. The summed E-state index contributed by atoms with van der Waals surface area (Å²) in [6, 6.07) is 16.5. The maximum absolute atomic E-state index is 13.4. The molecule has 0 saturated carbocycles. The van der Waals surface area contributed by atoms with E-state index in [4.69, 9.17) is 0 Å². The molecule has 3 aromatic rings. The number of piperazine rings is 1. The lowest BCUT2D eigenvalue weighted by Gasteiger charge is -2.32. The maximum Gasteiger partial charge on any atom is 0.279 e. The molecule has 0 unspecified atom stereocenters. The highest BCUT2D eigenvalue weighted by Gasteiger charge is 2.27. The van der Waals surface area contributed by atoms with Gasteiger partial charge in [-0.3, -0.25) is 9.59 Å². The number of fused-ring (bicyclic) bond motifs is 1. The van der Waals surface area contributed by atoms with E-state index >= 15 is 0 Å². The van der Waals surface area contributed by atoms with E-state index in [1.54, 1.807) is 6.07 Å². The average Bonchev–Trinajstić information content (AvgIpc) is 2.78. The molecule has 0 bridgehead atoms. The lowest BCUT2D eigenvalue weighted by molar-refractivity contribution is -0.943. The first-order chi connectivity index (χ1) is 14.5. The molecule has 7 heteroatoms. The lowest BCUT2D eigenvalue weighted by Crippen LogP contribution is -3.19. The van der Waals surface area contributed by atoms with Crippen molar-refractivity contribution in [2.45, 2.75) is 0 Å². The Kier molecular flexibility index (Phi) is 5.92. The monoisotopic (exact) mass is 407 g/mol. The zero-order valence-corrected chi connectivity index (χ0v) is 17.6. The number of nitrogens with zero attached hydrogens (tertiary/aromatic N) is 3. The first-order valence-corrected chi connectivity index (χ1v) is 10.5. The number of carbonyl (C=O) groups is 1. The van der Waals surface area contributed by atoms with E-state index in [0.29, 0.717) is 35.2 Å². The predicted octanol–water partition coefficient (Wildman–Crippen LogP) is -1.13. The van der Waals surface area contributed by atoms with Crippen LogP contribution in [-0.4, -0.2) is 74.0 Å². The van der Waals surface area contributed by atoms with Gasteiger partial charge in [-0.1, -0.05) is 36.4 Å². The molecule has 2 N–H and O–H groups in total. The van der Waals surface area contributed by atoms with Gasteiger partial charge in [-0.15, -0.1) is 0 Å². The summed E-state index contributed by atoms with van der Waals surface area (Å²) in [5.41, 5.74) is 0.784. The van der Waals surface area contributed by atoms with E-state index < -0.39 is 0 Å². The van der Waals surface area contributed by atoms with E-state index in [9.17, 15) is 9.59 Å². The number of quaternary nitrogens is 2. The fraction of sp³-hybridized carbons (Fsp3) is 0.348. The molecular weight excluding hydrogens is 378 g/mol. The van der Waals surface area contributed by atoms with Crippen LogP contribution >= 0.6 is 0 Å². The van der Waals surface area contributed by atoms with Gasteiger partial charge in [0.2, 0.25) is 0 Å². The van der Waals surface area contributed by atoms with Gasteiger partial charge in [-0.05, 0) is 18.2 Å². The standard InChI is InChI=1S/C23H27N5O2/c1-25(2)12-13-26-14-16-27(17-15-26)23(30)21-19-10-6-7-11-20(19)22(29)28(24-21)18-8-4-3-5-9-18/h3-11H,12-17H2,1-2H3/p+2. The number of para-hydroxylation sites is 1. The topological polar surface area (TPSA) is 64.1 Å². The van der Waals surface area contributed by atoms with Gasteiger partial charge < -0.3 is 14.7 Å². The minimum atomic E-state index is -0.214. The van der Waals surface area contributed by atoms with Crippen LogP contribution in [0.25, 0.3) is 16.5 Å². The molecule has 1 amide bonds. The van der Waals surface area contributed by atoms with Gasteiger partial charge in [-0.25, -0.2) is 0 Å². The van der Waals surface area contributed by atoms with Crippen molar-refractivity contribution in [1.82, 2.24) is 14.7 Å². The second-order valence-corrected chi connectivity index (χ2v) is 8.20. The summed E-state index contributed by atoms with van der Waals surface area (Å²) in [5, 5.41) is 5.66. The Bertz CT molecular complexity index is 1090. The van der Waals surface area contributed by atoms with Crippen LogP contribution < -0.4 is 15.4 Å². The van der Waals surface area contributed by atoms with Crippen LogP contribution in [0, 0.1) is 0 Å². The van der Waals surface area contributed by atoms with Gasteiger partial charge in [-0.2, -0.15) is 9.78 Å². The quantitative estimate of drug-likeness (QED) is 0.563. The summed E-state index contributed by atoms with van der Waals surface area (Å²) in [4.78, 5) is 31.3. The fourth-order valence-electron chi connectivity index (χ4n) is 3.94. The first-order valence-electron chi connectivity index (χ1n) is 10.5. The molecule has 0 aliphatic carbocycles. The summed E-state index contributed by atoms with van der Waals surface area (Å²) in [6.07, 6.45) is 0. The van der Waals surface area contributed by atoms with Crippen molar-refractivity contribution in [2.75, 3.05) is 53.4 Å². The van der Waals surface area contributed by atoms with E-state index in [0.717, 1.165) is 26.2 Å². The van der Waals surface area contributed by atoms with Gasteiger partial charge >= 0.3 is 0 Å². The summed E-state index contributed by atoms with van der Waals surface area (Å²) >= 11 is 0. The van der Waals surface area contributed by atoms with Crippen molar-refractivity contribution in [2.24, 2.45) is 0 Å². The number of rotatable bonds is 5. The molecule has 0 spiro atoms. The number of benzene rings is 2. The van der Waals surface area contributed by atoms with Crippen molar-refractivity contribution < 1.29 is 14.6 Å². The summed E-state index contributed by atoms with van der Waals surface area (Å²) < 4.78 is 1.34. The molecule has 1 aliphatic heterocycles. The van der Waals surface area contributed by atoms with Crippen molar-refractivity contribution in [3.63, 3.8) is 0 Å². The Labute approximate surface area is 176 Å². The van der Waals surface area contributed by atoms with Gasteiger partial charge in [0.05, 0.1) is 51.3 Å². The lowest BCUT2D eigenvalue weighted by atomic mass is 10.1. The van der Waals surface area contributed by atoms with Crippen molar-refractivity contribution in [1.29, 1.82) is 0 Å². The Balaban J connectivity index is 1.65. The largest absolute Gasteiger partial charge is 0.335 e. The summed E-state index contributed by atoms with van der Waals surface area (Å²) in [7, 11) is 4.33. The van der Waals surface area contributed by atoms with Gasteiger partial charge in [0.15, 0.2) is 5.69 Å². The Morgan fingerprint density at radius 2 is 1.63 bits per heavy atom. The van der Waals surface area contributed by atoms with E-state index in [-0.39, 0.29) is 11.5 Å². The summed E-state index contributed by atoms with van der Waals surface area (Å²) in [6.45, 7) is 5.53. The number of nitrogens with one attached hydrogen (secondary N) is 2. The Hall–Kier alpha value is -3.03. The number of hydrogen-bond acceptors (Lipinski definition) is 3. The normalized spacial score (nSPS) is 15.1. The molecule has 0 atom stereocenters. The molecule has 1 saturated heterocycles. The third-order valence-electron chi connectivity index (χ3n) is 5.74. The molecule has 2 aromatic carbocycles.